The van der Waals surface area contributed by atoms with Gasteiger partial charge in [-0.2, -0.15) is 0 Å². The third-order valence-corrected chi connectivity index (χ3v) is 4.09. The zero-order valence-corrected chi connectivity index (χ0v) is 20.3. The van der Waals surface area contributed by atoms with Crippen LogP contribution < -0.4 is 16.0 Å². The fraction of sp³-hybridized carbons (Fsp3) is 0.478. The second kappa shape index (κ2) is 16.5. The Labute approximate surface area is 186 Å². The number of allylic oxidation sites excluding steroid dienone is 5. The van der Waals surface area contributed by atoms with Crippen molar-refractivity contribution in [3.8, 4) is 5.75 Å². The van der Waals surface area contributed by atoms with Gasteiger partial charge in [-0.25, -0.2) is 0 Å². The first-order chi connectivity index (χ1) is 14.3. The molecule has 0 bridgehead atoms. The number of halogens is 1. The molecule has 1 rings (SSSR count). The molecule has 1 unspecified atom stereocenters. The van der Waals surface area contributed by atoms with Gasteiger partial charge in [0, 0.05) is 36.8 Å². The first-order valence-corrected chi connectivity index (χ1v) is 10.4. The molecule has 1 heterocycles. The van der Waals surface area contributed by atoms with Crippen molar-refractivity contribution in [1.29, 1.82) is 0 Å². The fourth-order valence-corrected chi connectivity index (χ4v) is 2.59. The first-order valence-electron chi connectivity index (χ1n) is 10.0. The number of primary amides is 1. The number of amides is 1. The molecule has 30 heavy (non-hydrogen) atoms. The molecule has 0 aliphatic carbocycles. The summed E-state index contributed by atoms with van der Waals surface area (Å²) in [5.41, 5.74) is 7.33. The van der Waals surface area contributed by atoms with Crippen LogP contribution >= 0.6 is 11.6 Å². The minimum atomic E-state index is -0.826. The Morgan fingerprint density at radius 3 is 2.23 bits per heavy atom. The first kappa shape index (κ1) is 29.9. The number of pyridine rings is 1. The van der Waals surface area contributed by atoms with Gasteiger partial charge in [-0.1, -0.05) is 57.5 Å². The summed E-state index contributed by atoms with van der Waals surface area (Å²) in [6.45, 7) is 15.7. The van der Waals surface area contributed by atoms with Gasteiger partial charge in [0.2, 0.25) is 5.91 Å². The fourth-order valence-electron chi connectivity index (χ4n) is 2.48. The Morgan fingerprint density at radius 1 is 1.27 bits per heavy atom. The largest absolute Gasteiger partial charge is 0.495 e. The predicted octanol–water partition coefficient (Wildman–Crippen LogP) is 5.07. The van der Waals surface area contributed by atoms with Gasteiger partial charge in [0.05, 0.1) is 13.3 Å². The molecule has 0 aliphatic rings. The van der Waals surface area contributed by atoms with E-state index in [1.807, 2.05) is 41.5 Å². The van der Waals surface area contributed by atoms with Crippen LogP contribution in [0.2, 0.25) is 0 Å². The summed E-state index contributed by atoms with van der Waals surface area (Å²) in [7, 11) is 3.00. The molecule has 0 spiro atoms. The minimum Gasteiger partial charge on any atom is -0.495 e. The van der Waals surface area contributed by atoms with Crippen molar-refractivity contribution in [3.05, 3.63) is 57.5 Å². The van der Waals surface area contributed by atoms with Crippen molar-refractivity contribution in [1.82, 2.24) is 4.57 Å². The maximum absolute atomic E-state index is 12.7. The van der Waals surface area contributed by atoms with Crippen LogP contribution in [0.1, 0.15) is 59.6 Å². The van der Waals surface area contributed by atoms with E-state index in [9.17, 15) is 9.59 Å². The van der Waals surface area contributed by atoms with Crippen molar-refractivity contribution < 1.29 is 14.3 Å². The van der Waals surface area contributed by atoms with Gasteiger partial charge in [-0.05, 0) is 25.5 Å². The number of carbonyl (C=O) groups excluding carboxylic acids is 1. The van der Waals surface area contributed by atoms with Gasteiger partial charge in [-0.3, -0.25) is 14.2 Å². The van der Waals surface area contributed by atoms with Gasteiger partial charge in [-0.15, -0.1) is 0 Å². The molecule has 0 radical (unpaired) electrons. The average Bonchev–Trinajstić information content (AvgIpc) is 2.75. The van der Waals surface area contributed by atoms with E-state index in [0.717, 1.165) is 11.1 Å². The summed E-state index contributed by atoms with van der Waals surface area (Å²) in [5.74, 6) is -0.190. The number of hydrogen-bond donors (Lipinski definition) is 1. The van der Waals surface area contributed by atoms with E-state index in [-0.39, 0.29) is 12.0 Å². The van der Waals surface area contributed by atoms with E-state index in [2.05, 4.69) is 6.58 Å². The number of methoxy groups -OCH3 is 2. The smallest absolute Gasteiger partial charge is 0.252 e. The lowest BCUT2D eigenvalue weighted by Crippen LogP contribution is -2.34. The molecule has 170 valence electrons. The summed E-state index contributed by atoms with van der Waals surface area (Å²) < 4.78 is 11.7. The quantitative estimate of drug-likeness (QED) is 0.543. The van der Waals surface area contributed by atoms with Crippen molar-refractivity contribution in [2.24, 2.45) is 5.73 Å². The normalized spacial score (nSPS) is 11.2. The summed E-state index contributed by atoms with van der Waals surface area (Å²) in [5, 5.41) is 0.433. The third-order valence-electron chi connectivity index (χ3n) is 3.83. The Bertz CT molecular complexity index is 791. The van der Waals surface area contributed by atoms with Crippen LogP contribution in [0.3, 0.4) is 0 Å². The molecule has 1 amide bonds. The molecule has 0 fully saturated rings. The van der Waals surface area contributed by atoms with Crippen LogP contribution in [0.25, 0.3) is 5.57 Å². The monoisotopic (exact) mass is 440 g/mol. The average molecular weight is 441 g/mol. The highest BCUT2D eigenvalue weighted by Crippen LogP contribution is 2.30. The number of rotatable bonds is 9. The van der Waals surface area contributed by atoms with E-state index in [1.165, 1.54) is 37.1 Å². The van der Waals surface area contributed by atoms with Crippen LogP contribution in [-0.2, 0) is 9.53 Å². The number of nitrogens with zero attached hydrogens (tertiary/aromatic N) is 1. The lowest BCUT2D eigenvalue weighted by atomic mass is 10.0. The van der Waals surface area contributed by atoms with Crippen LogP contribution in [0.5, 0.6) is 5.75 Å². The van der Waals surface area contributed by atoms with Crippen molar-refractivity contribution in [2.45, 2.75) is 54.0 Å². The van der Waals surface area contributed by atoms with Crippen LogP contribution in [0.15, 0.2) is 46.4 Å². The second-order valence-corrected chi connectivity index (χ2v) is 6.28. The Balaban J connectivity index is 0. The summed E-state index contributed by atoms with van der Waals surface area (Å²) in [4.78, 5) is 24.4. The molecule has 1 atom stereocenters. The number of hydrogen-bond acceptors (Lipinski definition) is 4. The molecule has 6 nitrogen and oxygen atoms in total. The molecule has 1 aromatic rings. The maximum Gasteiger partial charge on any atom is 0.252 e. The van der Waals surface area contributed by atoms with E-state index < -0.39 is 11.9 Å². The summed E-state index contributed by atoms with van der Waals surface area (Å²) in [6, 6.07) is 0.584. The van der Waals surface area contributed by atoms with Gasteiger partial charge < -0.3 is 15.2 Å². The molecule has 1 aromatic heterocycles. The highest BCUT2D eigenvalue weighted by atomic mass is 35.5. The standard InChI is InChI=1S/C19H25ClN2O4.2C2H6/c1-6-13(20)9-14(12(2)3)15-10-18(23)22(11-17(15)26-5)16(19(21)24)7-8-25-4;2*1-2/h6,9-11,16H,1,7-8H2,2-5H3,(H2,21,24);2*1-2H3/b13-9+;;. The molecule has 0 aromatic carbocycles. The van der Waals surface area contributed by atoms with E-state index >= 15 is 0 Å². The van der Waals surface area contributed by atoms with Gasteiger partial charge in [0.25, 0.3) is 5.56 Å². The van der Waals surface area contributed by atoms with Crippen LogP contribution in [0, 0.1) is 0 Å². The Kier molecular flexibility index (Phi) is 16.4. The molecule has 2 N–H and O–H groups in total. The van der Waals surface area contributed by atoms with E-state index in [4.69, 9.17) is 26.8 Å². The number of nitrogens with two attached hydrogens (primary N) is 1. The minimum absolute atomic E-state index is 0.284. The second-order valence-electron chi connectivity index (χ2n) is 5.85. The highest BCUT2D eigenvalue weighted by molar-refractivity contribution is 6.31. The van der Waals surface area contributed by atoms with Crippen molar-refractivity contribution >= 4 is 23.1 Å². The summed E-state index contributed by atoms with van der Waals surface area (Å²) in [6.07, 6.45) is 4.99. The Morgan fingerprint density at radius 2 is 1.83 bits per heavy atom. The lowest BCUT2D eigenvalue weighted by Gasteiger charge is -2.19. The molecular formula is C23H37ClN2O4. The SMILES string of the molecule is C=C/C(Cl)=C\C(=C(C)C)c1cc(=O)n(C(CCOC)C(N)=O)cc1OC.CC.CC. The Hall–Kier alpha value is -2.31. The van der Waals surface area contributed by atoms with Crippen LogP contribution in [0.4, 0.5) is 0 Å². The predicted molar refractivity (Wildman–Crippen MR) is 127 cm³/mol. The van der Waals surface area contributed by atoms with E-state index in [0.29, 0.717) is 23.0 Å². The van der Waals surface area contributed by atoms with E-state index in [1.54, 1.807) is 6.08 Å². The molecule has 0 saturated carbocycles. The zero-order valence-electron chi connectivity index (χ0n) is 19.5. The van der Waals surface area contributed by atoms with Crippen molar-refractivity contribution in [3.63, 3.8) is 0 Å². The zero-order chi connectivity index (χ0) is 23.9. The third kappa shape index (κ3) is 9.01. The van der Waals surface area contributed by atoms with Crippen LogP contribution in [-0.4, -0.2) is 31.3 Å². The van der Waals surface area contributed by atoms with Gasteiger partial charge >= 0.3 is 0 Å². The molecule has 0 aliphatic heterocycles. The maximum atomic E-state index is 12.7. The van der Waals surface area contributed by atoms with Gasteiger partial charge in [0.15, 0.2) is 0 Å². The molecular weight excluding hydrogens is 404 g/mol. The molecule has 7 heteroatoms. The van der Waals surface area contributed by atoms with Gasteiger partial charge in [0.1, 0.15) is 11.8 Å². The molecule has 0 saturated heterocycles. The number of aromatic nitrogens is 1. The highest BCUT2D eigenvalue weighted by Gasteiger charge is 2.21. The topological polar surface area (TPSA) is 83.5 Å². The summed E-state index contributed by atoms with van der Waals surface area (Å²) >= 11 is 6.08. The number of ether oxygens (including phenoxy) is 2. The lowest BCUT2D eigenvalue weighted by molar-refractivity contribution is -0.121. The number of carbonyl (C=O) groups is 1. The van der Waals surface area contributed by atoms with Crippen molar-refractivity contribution in [2.75, 3.05) is 20.8 Å².